The van der Waals surface area contributed by atoms with E-state index >= 15 is 0 Å². The van der Waals surface area contributed by atoms with Gasteiger partial charge in [-0.15, -0.1) is 0 Å². The molecule has 0 radical (unpaired) electrons. The van der Waals surface area contributed by atoms with E-state index in [0.717, 1.165) is 0 Å². The highest BCUT2D eigenvalue weighted by Gasteiger charge is 2.11. The van der Waals surface area contributed by atoms with Crippen LogP contribution in [0.5, 0.6) is 5.75 Å². The molecule has 1 N–H and O–H groups in total. The molecular weight excluding hydrogens is 270 g/mol. The van der Waals surface area contributed by atoms with Gasteiger partial charge in [-0.2, -0.15) is 8.78 Å². The second-order valence-electron chi connectivity index (χ2n) is 3.07. The van der Waals surface area contributed by atoms with Crippen LogP contribution in [0.4, 0.5) is 8.78 Å². The molecule has 1 atom stereocenters. The van der Waals surface area contributed by atoms with Crippen molar-refractivity contribution in [2.24, 2.45) is 0 Å². The first kappa shape index (κ1) is 12.4. The Bertz CT molecular complexity index is 331. The summed E-state index contributed by atoms with van der Waals surface area (Å²) < 4.78 is 28.4. The zero-order valence-corrected chi connectivity index (χ0v) is 9.67. The van der Waals surface area contributed by atoms with Gasteiger partial charge in [0.2, 0.25) is 0 Å². The van der Waals surface area contributed by atoms with Crippen LogP contribution in [0.15, 0.2) is 18.2 Å². The highest BCUT2D eigenvalue weighted by atomic mass is 79.9. The summed E-state index contributed by atoms with van der Waals surface area (Å²) in [4.78, 5) is 0. The van der Waals surface area contributed by atoms with Crippen LogP contribution < -0.4 is 4.74 Å². The number of halogens is 3. The first-order valence-electron chi connectivity index (χ1n) is 4.34. The molecule has 1 rings (SSSR count). The molecule has 0 saturated heterocycles. The Kier molecular flexibility index (Phi) is 4.47. The molecule has 0 saturated carbocycles. The maximum Gasteiger partial charge on any atom is 0.387 e. The van der Waals surface area contributed by atoms with Crippen molar-refractivity contribution in [2.75, 3.05) is 5.33 Å². The lowest BCUT2D eigenvalue weighted by Gasteiger charge is -2.12. The molecule has 1 unspecified atom stereocenters. The summed E-state index contributed by atoms with van der Waals surface area (Å²) in [5, 5.41) is 9.84. The Hall–Kier alpha value is -0.680. The van der Waals surface area contributed by atoms with Crippen LogP contribution in [0.2, 0.25) is 0 Å². The average Bonchev–Trinajstić information content (AvgIpc) is 2.19. The highest BCUT2D eigenvalue weighted by Crippen LogP contribution is 2.25. The van der Waals surface area contributed by atoms with Gasteiger partial charge in [0.05, 0.1) is 6.10 Å². The third kappa shape index (κ3) is 3.43. The summed E-state index contributed by atoms with van der Waals surface area (Å²) in [6, 6.07) is 4.74. The molecule has 0 aliphatic carbocycles. The monoisotopic (exact) mass is 280 g/mol. The predicted octanol–water partition coefficient (Wildman–Crippen LogP) is 3.02. The number of alkyl halides is 3. The quantitative estimate of drug-likeness (QED) is 0.860. The lowest BCUT2D eigenvalue weighted by atomic mass is 10.1. The Morgan fingerprint density at radius 3 is 2.67 bits per heavy atom. The molecule has 1 aromatic rings. The number of aliphatic hydroxyl groups excluding tert-OH is 1. The Balaban J connectivity index is 2.94. The summed E-state index contributed by atoms with van der Waals surface area (Å²) >= 11 is 3.11. The molecule has 15 heavy (non-hydrogen) atoms. The molecule has 0 heterocycles. The SMILES string of the molecule is Cc1ccc(C(O)CBr)cc1OC(F)F. The van der Waals surface area contributed by atoms with Gasteiger partial charge in [-0.25, -0.2) is 0 Å². The normalized spacial score (nSPS) is 12.9. The molecule has 1 aromatic carbocycles. The topological polar surface area (TPSA) is 29.5 Å². The molecular formula is C10H11BrF2O2. The van der Waals surface area contributed by atoms with Crippen LogP contribution in [0.3, 0.4) is 0 Å². The van der Waals surface area contributed by atoms with Crippen molar-refractivity contribution in [3.63, 3.8) is 0 Å². The average molecular weight is 281 g/mol. The third-order valence-electron chi connectivity index (χ3n) is 1.96. The lowest BCUT2D eigenvalue weighted by molar-refractivity contribution is -0.0504. The van der Waals surface area contributed by atoms with Crippen molar-refractivity contribution in [2.45, 2.75) is 19.6 Å². The number of hydrogen-bond donors (Lipinski definition) is 1. The van der Waals surface area contributed by atoms with Crippen LogP contribution >= 0.6 is 15.9 Å². The van der Waals surface area contributed by atoms with E-state index in [2.05, 4.69) is 20.7 Å². The van der Waals surface area contributed by atoms with Crippen molar-refractivity contribution >= 4 is 15.9 Å². The Labute approximate surface area is 95.0 Å². The minimum Gasteiger partial charge on any atom is -0.435 e. The van der Waals surface area contributed by atoms with E-state index in [1.54, 1.807) is 19.1 Å². The fourth-order valence-corrected chi connectivity index (χ4v) is 1.51. The first-order valence-corrected chi connectivity index (χ1v) is 5.46. The zero-order chi connectivity index (χ0) is 11.4. The van der Waals surface area contributed by atoms with Gasteiger partial charge in [0.1, 0.15) is 5.75 Å². The lowest BCUT2D eigenvalue weighted by Crippen LogP contribution is -2.05. The number of hydrogen-bond acceptors (Lipinski definition) is 2. The molecule has 0 spiro atoms. The summed E-state index contributed by atoms with van der Waals surface area (Å²) in [6.45, 7) is -1.18. The molecule has 0 fully saturated rings. The van der Waals surface area contributed by atoms with Crippen LogP contribution in [0.25, 0.3) is 0 Å². The zero-order valence-electron chi connectivity index (χ0n) is 8.08. The summed E-state index contributed by atoms with van der Waals surface area (Å²) in [5.41, 5.74) is 1.16. The molecule has 0 amide bonds. The number of benzene rings is 1. The number of rotatable bonds is 4. The van der Waals surface area contributed by atoms with Crippen molar-refractivity contribution < 1.29 is 18.6 Å². The molecule has 0 aliphatic heterocycles. The second kappa shape index (κ2) is 5.42. The fraction of sp³-hybridized carbons (Fsp3) is 0.400. The molecule has 2 nitrogen and oxygen atoms in total. The van der Waals surface area contributed by atoms with E-state index in [1.807, 2.05) is 0 Å². The van der Waals surface area contributed by atoms with Gasteiger partial charge in [0.25, 0.3) is 0 Å². The van der Waals surface area contributed by atoms with Crippen LogP contribution in [-0.4, -0.2) is 17.0 Å². The molecule has 0 aliphatic rings. The van der Waals surface area contributed by atoms with Crippen LogP contribution in [0, 0.1) is 6.92 Å². The van der Waals surface area contributed by atoms with Crippen molar-refractivity contribution in [1.82, 2.24) is 0 Å². The van der Waals surface area contributed by atoms with Gasteiger partial charge < -0.3 is 9.84 Å². The standard InChI is InChI=1S/C10H11BrF2O2/c1-6-2-3-7(8(14)5-11)4-9(6)15-10(12)13/h2-4,8,10,14H,5H2,1H3. The van der Waals surface area contributed by atoms with Crippen LogP contribution in [0.1, 0.15) is 17.2 Å². The van der Waals surface area contributed by atoms with E-state index in [9.17, 15) is 13.9 Å². The van der Waals surface area contributed by atoms with Crippen molar-refractivity contribution in [1.29, 1.82) is 0 Å². The molecule has 84 valence electrons. The van der Waals surface area contributed by atoms with E-state index in [4.69, 9.17) is 0 Å². The summed E-state index contributed by atoms with van der Waals surface area (Å²) in [5.74, 6) is 0.0995. The predicted molar refractivity (Wildman–Crippen MR) is 56.6 cm³/mol. The summed E-state index contributed by atoms with van der Waals surface area (Å²) in [7, 11) is 0. The fourth-order valence-electron chi connectivity index (χ4n) is 1.14. The van der Waals surface area contributed by atoms with Gasteiger partial charge in [0.15, 0.2) is 0 Å². The minimum atomic E-state index is -2.85. The van der Waals surface area contributed by atoms with E-state index < -0.39 is 12.7 Å². The van der Waals surface area contributed by atoms with Gasteiger partial charge in [-0.05, 0) is 24.1 Å². The van der Waals surface area contributed by atoms with Crippen molar-refractivity contribution in [3.8, 4) is 5.75 Å². The van der Waals surface area contributed by atoms with E-state index in [0.29, 0.717) is 16.5 Å². The Morgan fingerprint density at radius 1 is 1.47 bits per heavy atom. The molecule has 0 aromatic heterocycles. The second-order valence-corrected chi connectivity index (χ2v) is 3.72. The van der Waals surface area contributed by atoms with Gasteiger partial charge in [0, 0.05) is 5.33 Å². The first-order chi connectivity index (χ1) is 7.04. The van der Waals surface area contributed by atoms with Gasteiger partial charge >= 0.3 is 6.61 Å². The van der Waals surface area contributed by atoms with E-state index in [-0.39, 0.29) is 5.75 Å². The van der Waals surface area contributed by atoms with Crippen molar-refractivity contribution in [3.05, 3.63) is 29.3 Å². The number of aliphatic hydroxyl groups is 1. The molecule has 0 bridgehead atoms. The maximum absolute atomic E-state index is 12.0. The van der Waals surface area contributed by atoms with Gasteiger partial charge in [-0.3, -0.25) is 0 Å². The highest BCUT2D eigenvalue weighted by molar-refractivity contribution is 9.09. The largest absolute Gasteiger partial charge is 0.435 e. The smallest absolute Gasteiger partial charge is 0.387 e. The molecule has 5 heteroatoms. The Morgan fingerprint density at radius 2 is 2.13 bits per heavy atom. The maximum atomic E-state index is 12.0. The minimum absolute atomic E-state index is 0.0995. The number of aryl methyl sites for hydroxylation is 1. The van der Waals surface area contributed by atoms with Crippen LogP contribution in [-0.2, 0) is 0 Å². The summed E-state index contributed by atoms with van der Waals surface area (Å²) in [6.07, 6.45) is -0.717. The van der Waals surface area contributed by atoms with E-state index in [1.165, 1.54) is 6.07 Å². The number of ether oxygens (including phenoxy) is 1. The third-order valence-corrected chi connectivity index (χ3v) is 2.57. The van der Waals surface area contributed by atoms with Gasteiger partial charge in [-0.1, -0.05) is 28.1 Å².